The van der Waals surface area contributed by atoms with Crippen molar-refractivity contribution in [3.05, 3.63) is 48.6 Å². The Morgan fingerprint density at radius 2 is 1.93 bits per heavy atom. The summed E-state index contributed by atoms with van der Waals surface area (Å²) in [6.45, 7) is 7.41. The van der Waals surface area contributed by atoms with Crippen LogP contribution in [-0.2, 0) is 6.42 Å². The van der Waals surface area contributed by atoms with Gasteiger partial charge in [0.25, 0.3) is 0 Å². The minimum atomic E-state index is -0.697. The van der Waals surface area contributed by atoms with Crippen LogP contribution in [0.2, 0.25) is 0 Å². The van der Waals surface area contributed by atoms with Gasteiger partial charge in [0.15, 0.2) is 0 Å². The lowest BCUT2D eigenvalue weighted by Crippen LogP contribution is -2.30. The quantitative estimate of drug-likeness (QED) is 0.724. The first-order valence-electron chi connectivity index (χ1n) is 4.93. The highest BCUT2D eigenvalue weighted by Crippen LogP contribution is 2.21. The van der Waals surface area contributed by atoms with E-state index in [1.54, 1.807) is 0 Å². The zero-order valence-electron chi connectivity index (χ0n) is 8.90. The molecule has 14 heavy (non-hydrogen) atoms. The lowest BCUT2D eigenvalue weighted by atomic mass is 9.86. The second-order valence-corrected chi connectivity index (χ2v) is 4.19. The molecule has 0 aliphatic rings. The molecule has 1 rings (SSSR count). The summed E-state index contributed by atoms with van der Waals surface area (Å²) in [6.07, 6.45) is 2.67. The summed E-state index contributed by atoms with van der Waals surface area (Å²) in [7, 11) is 0. The number of rotatable bonds is 4. The number of aliphatic hydroxyl groups is 1. The topological polar surface area (TPSA) is 20.2 Å². The second kappa shape index (κ2) is 4.43. The molecule has 1 unspecified atom stereocenters. The lowest BCUT2D eigenvalue weighted by molar-refractivity contribution is 0.0372. The summed E-state index contributed by atoms with van der Waals surface area (Å²) < 4.78 is 0. The highest BCUT2D eigenvalue weighted by Gasteiger charge is 2.23. The lowest BCUT2D eigenvalue weighted by Gasteiger charge is -2.26. The Bertz CT molecular complexity index is 282. The molecule has 0 spiro atoms. The molecule has 76 valence electrons. The van der Waals surface area contributed by atoms with Crippen LogP contribution < -0.4 is 0 Å². The monoisotopic (exact) mass is 190 g/mol. The molecule has 0 aliphatic heterocycles. The van der Waals surface area contributed by atoms with Crippen molar-refractivity contribution in [1.29, 1.82) is 0 Å². The molecule has 0 bridgehead atoms. The molecule has 1 N–H and O–H groups in total. The molecule has 0 radical (unpaired) electrons. The van der Waals surface area contributed by atoms with Crippen molar-refractivity contribution in [1.82, 2.24) is 0 Å². The van der Waals surface area contributed by atoms with E-state index in [2.05, 4.69) is 18.7 Å². The SMILES string of the molecule is C=CC(Cc1ccccc1)C(C)(C)O. The van der Waals surface area contributed by atoms with Crippen LogP contribution in [-0.4, -0.2) is 10.7 Å². The molecule has 0 saturated carbocycles. The van der Waals surface area contributed by atoms with Gasteiger partial charge in [-0.3, -0.25) is 0 Å². The van der Waals surface area contributed by atoms with E-state index in [0.717, 1.165) is 6.42 Å². The average Bonchev–Trinajstić information content (AvgIpc) is 2.14. The zero-order valence-corrected chi connectivity index (χ0v) is 8.90. The molecular weight excluding hydrogens is 172 g/mol. The van der Waals surface area contributed by atoms with Crippen molar-refractivity contribution >= 4 is 0 Å². The van der Waals surface area contributed by atoms with Crippen LogP contribution in [0.25, 0.3) is 0 Å². The van der Waals surface area contributed by atoms with Gasteiger partial charge in [-0.15, -0.1) is 6.58 Å². The van der Waals surface area contributed by atoms with E-state index in [1.807, 2.05) is 38.1 Å². The van der Waals surface area contributed by atoms with Crippen molar-refractivity contribution in [2.45, 2.75) is 25.9 Å². The maximum atomic E-state index is 9.87. The highest BCUT2D eigenvalue weighted by molar-refractivity contribution is 5.17. The summed E-state index contributed by atoms with van der Waals surface area (Å²) >= 11 is 0. The summed E-state index contributed by atoms with van der Waals surface area (Å²) in [5.74, 6) is 0.102. The van der Waals surface area contributed by atoms with Gasteiger partial charge in [-0.25, -0.2) is 0 Å². The Morgan fingerprint density at radius 1 is 1.36 bits per heavy atom. The first-order valence-corrected chi connectivity index (χ1v) is 4.93. The molecule has 0 aliphatic carbocycles. The fourth-order valence-electron chi connectivity index (χ4n) is 1.49. The third-order valence-electron chi connectivity index (χ3n) is 2.49. The Hall–Kier alpha value is -1.08. The van der Waals surface area contributed by atoms with Gasteiger partial charge in [0.05, 0.1) is 5.60 Å². The molecule has 1 aromatic rings. The molecule has 0 aromatic heterocycles. The Labute approximate surface area is 86.1 Å². The van der Waals surface area contributed by atoms with Crippen LogP contribution in [0.1, 0.15) is 19.4 Å². The van der Waals surface area contributed by atoms with Crippen molar-refractivity contribution < 1.29 is 5.11 Å². The number of hydrogen-bond acceptors (Lipinski definition) is 1. The Kier molecular flexibility index (Phi) is 3.48. The predicted molar refractivity (Wildman–Crippen MR) is 60.1 cm³/mol. The Morgan fingerprint density at radius 3 is 2.36 bits per heavy atom. The summed E-state index contributed by atoms with van der Waals surface area (Å²) in [5.41, 5.74) is 0.539. The maximum absolute atomic E-state index is 9.87. The Balaban J connectivity index is 2.72. The van der Waals surface area contributed by atoms with E-state index in [4.69, 9.17) is 0 Å². The standard InChI is InChI=1S/C13H18O/c1-4-12(13(2,3)14)10-11-8-6-5-7-9-11/h4-9,12,14H,1,10H2,2-3H3. The third kappa shape index (κ3) is 3.00. The molecule has 1 atom stereocenters. The van der Waals surface area contributed by atoms with Gasteiger partial charge in [0.2, 0.25) is 0 Å². The van der Waals surface area contributed by atoms with E-state index in [-0.39, 0.29) is 5.92 Å². The molecular formula is C13H18O. The molecule has 0 amide bonds. The molecule has 1 heteroatoms. The van der Waals surface area contributed by atoms with Crippen molar-refractivity contribution in [2.24, 2.45) is 5.92 Å². The summed E-state index contributed by atoms with van der Waals surface area (Å²) in [5, 5.41) is 9.87. The van der Waals surface area contributed by atoms with E-state index < -0.39 is 5.60 Å². The molecule has 0 saturated heterocycles. The largest absolute Gasteiger partial charge is 0.390 e. The maximum Gasteiger partial charge on any atom is 0.0657 e. The fraction of sp³-hybridized carbons (Fsp3) is 0.385. The van der Waals surface area contributed by atoms with Crippen molar-refractivity contribution in [2.75, 3.05) is 0 Å². The van der Waals surface area contributed by atoms with Crippen LogP contribution in [0.4, 0.5) is 0 Å². The molecule has 1 nitrogen and oxygen atoms in total. The van der Waals surface area contributed by atoms with Gasteiger partial charge >= 0.3 is 0 Å². The van der Waals surface area contributed by atoms with Gasteiger partial charge in [-0.1, -0.05) is 36.4 Å². The molecule has 0 heterocycles. The van der Waals surface area contributed by atoms with Crippen LogP contribution >= 0.6 is 0 Å². The van der Waals surface area contributed by atoms with E-state index in [9.17, 15) is 5.11 Å². The minimum Gasteiger partial charge on any atom is -0.390 e. The van der Waals surface area contributed by atoms with Gasteiger partial charge in [-0.05, 0) is 25.8 Å². The second-order valence-electron chi connectivity index (χ2n) is 4.19. The van der Waals surface area contributed by atoms with Crippen LogP contribution in [0.15, 0.2) is 43.0 Å². The van der Waals surface area contributed by atoms with Gasteiger partial charge < -0.3 is 5.11 Å². The van der Waals surface area contributed by atoms with E-state index in [1.165, 1.54) is 5.56 Å². The number of hydrogen-bond donors (Lipinski definition) is 1. The van der Waals surface area contributed by atoms with Crippen LogP contribution in [0.5, 0.6) is 0 Å². The van der Waals surface area contributed by atoms with Crippen LogP contribution in [0.3, 0.4) is 0 Å². The van der Waals surface area contributed by atoms with E-state index >= 15 is 0 Å². The zero-order chi connectivity index (χ0) is 10.6. The first-order chi connectivity index (χ1) is 6.54. The van der Waals surface area contributed by atoms with Crippen LogP contribution in [0, 0.1) is 5.92 Å². The number of benzene rings is 1. The smallest absolute Gasteiger partial charge is 0.0657 e. The van der Waals surface area contributed by atoms with Gasteiger partial charge in [0.1, 0.15) is 0 Å². The van der Waals surface area contributed by atoms with Gasteiger partial charge in [0, 0.05) is 5.92 Å². The highest BCUT2D eigenvalue weighted by atomic mass is 16.3. The van der Waals surface area contributed by atoms with Gasteiger partial charge in [-0.2, -0.15) is 0 Å². The van der Waals surface area contributed by atoms with Crippen molar-refractivity contribution in [3.63, 3.8) is 0 Å². The van der Waals surface area contributed by atoms with E-state index in [0.29, 0.717) is 0 Å². The molecule has 0 fully saturated rings. The normalized spacial score (nSPS) is 13.6. The minimum absolute atomic E-state index is 0.102. The first kappa shape index (κ1) is 11.0. The molecule has 1 aromatic carbocycles. The van der Waals surface area contributed by atoms with Crippen molar-refractivity contribution in [3.8, 4) is 0 Å². The average molecular weight is 190 g/mol. The summed E-state index contributed by atoms with van der Waals surface area (Å²) in [4.78, 5) is 0. The predicted octanol–water partition coefficient (Wildman–Crippen LogP) is 2.80. The fourth-order valence-corrected chi connectivity index (χ4v) is 1.49. The summed E-state index contributed by atoms with van der Waals surface area (Å²) in [6, 6.07) is 10.2. The third-order valence-corrected chi connectivity index (χ3v) is 2.49.